The topological polar surface area (TPSA) is 22.3 Å². The summed E-state index contributed by atoms with van der Waals surface area (Å²) in [4.78, 5) is 0. The summed E-state index contributed by atoms with van der Waals surface area (Å²) in [6.45, 7) is 0.811. The van der Waals surface area contributed by atoms with Crippen molar-refractivity contribution in [1.29, 1.82) is 0 Å². The minimum Gasteiger partial charge on any atom is -0.497 e. The molecular weight excluding hydrogens is 514 g/mol. The van der Waals surface area contributed by atoms with Crippen LogP contribution in [-0.4, -0.2) is 20.1 Å². The zero-order chi connectivity index (χ0) is 27.2. The van der Waals surface area contributed by atoms with Gasteiger partial charge in [-0.05, 0) is 80.3 Å². The molecular formula is C36H29ClNO2+. The Kier molecular flexibility index (Phi) is 6.17. The molecule has 0 fully saturated rings. The van der Waals surface area contributed by atoms with E-state index in [4.69, 9.17) is 21.1 Å². The van der Waals surface area contributed by atoms with E-state index in [9.17, 15) is 0 Å². The summed E-state index contributed by atoms with van der Waals surface area (Å²) < 4.78 is 13.4. The largest absolute Gasteiger partial charge is 0.497 e. The second kappa shape index (κ2) is 10.0. The number of ether oxygens (including phenoxy) is 2. The van der Waals surface area contributed by atoms with Crippen LogP contribution in [0.25, 0.3) is 65.5 Å². The number of rotatable bonds is 7. The Morgan fingerprint density at radius 3 is 1.90 bits per heavy atom. The van der Waals surface area contributed by atoms with Crippen LogP contribution in [0.5, 0.6) is 11.5 Å². The summed E-state index contributed by atoms with van der Waals surface area (Å²) in [6, 6.07) is 34.8. The molecule has 0 unspecified atom stereocenters. The van der Waals surface area contributed by atoms with E-state index >= 15 is 0 Å². The number of hydrogen-bond acceptors (Lipinski definition) is 2. The molecule has 0 saturated carbocycles. The van der Waals surface area contributed by atoms with Crippen LogP contribution in [0.2, 0.25) is 0 Å². The Labute approximate surface area is 238 Å². The third kappa shape index (κ3) is 3.92. The Morgan fingerprint density at radius 1 is 0.625 bits per heavy atom. The maximum absolute atomic E-state index is 6.25. The van der Waals surface area contributed by atoms with E-state index in [2.05, 4.69) is 83.6 Å². The molecule has 7 rings (SSSR count). The molecule has 0 atom stereocenters. The first-order valence-corrected chi connectivity index (χ1v) is 14.1. The minimum absolute atomic E-state index is 0.601. The molecule has 6 aromatic carbocycles. The fourth-order valence-corrected chi connectivity index (χ4v) is 6.30. The van der Waals surface area contributed by atoms with Crippen LogP contribution < -0.4 is 14.0 Å². The van der Waals surface area contributed by atoms with Gasteiger partial charge < -0.3 is 9.47 Å². The molecule has 0 aliphatic heterocycles. The van der Waals surface area contributed by atoms with Gasteiger partial charge >= 0.3 is 0 Å². The van der Waals surface area contributed by atoms with E-state index in [1.54, 1.807) is 14.2 Å². The van der Waals surface area contributed by atoms with Crippen LogP contribution in [0.1, 0.15) is 6.42 Å². The standard InChI is InChI=1S/C36H29ClNO2/c1-39-28-14-9-25(10-15-28)35-31-21-27-8-7-23-5-3-6-24-13-18-30(34(27)33(23)24)32(31)22-38(20-4-19-37)36(35)26-11-16-29(40-2)17-12-26/h3,5-18,21-22H,4,19-20H2,1-2H3/q+1. The molecule has 0 aliphatic carbocycles. The summed E-state index contributed by atoms with van der Waals surface area (Å²) in [5.74, 6) is 2.28. The number of aryl methyl sites for hydroxylation is 1. The highest BCUT2D eigenvalue weighted by molar-refractivity contribution is 6.30. The molecule has 0 amide bonds. The molecule has 0 N–H and O–H groups in total. The van der Waals surface area contributed by atoms with Gasteiger partial charge in [-0.2, -0.15) is 4.57 Å². The summed E-state index contributed by atoms with van der Waals surface area (Å²) in [5, 5.41) is 10.2. The van der Waals surface area contributed by atoms with E-state index in [1.165, 1.54) is 54.3 Å². The van der Waals surface area contributed by atoms with Crippen molar-refractivity contribution in [2.24, 2.45) is 0 Å². The van der Waals surface area contributed by atoms with Crippen LogP contribution in [0.3, 0.4) is 0 Å². The Morgan fingerprint density at radius 2 is 1.25 bits per heavy atom. The van der Waals surface area contributed by atoms with Crippen molar-refractivity contribution in [3.63, 3.8) is 0 Å². The molecule has 1 heterocycles. The van der Waals surface area contributed by atoms with Crippen molar-refractivity contribution in [2.75, 3.05) is 20.1 Å². The molecule has 196 valence electrons. The molecule has 0 radical (unpaired) electrons. The number of halogens is 1. The first kappa shape index (κ1) is 24.7. The molecule has 4 heteroatoms. The fraction of sp³-hybridized carbons (Fsp3) is 0.139. The van der Waals surface area contributed by atoms with Crippen molar-refractivity contribution < 1.29 is 14.0 Å². The number of methoxy groups -OCH3 is 2. The zero-order valence-electron chi connectivity index (χ0n) is 22.6. The van der Waals surface area contributed by atoms with Crippen LogP contribution >= 0.6 is 11.6 Å². The zero-order valence-corrected chi connectivity index (χ0v) is 23.3. The van der Waals surface area contributed by atoms with Crippen LogP contribution in [0.15, 0.2) is 103 Å². The van der Waals surface area contributed by atoms with Gasteiger partial charge in [-0.15, -0.1) is 11.6 Å². The van der Waals surface area contributed by atoms with Gasteiger partial charge in [0, 0.05) is 23.3 Å². The number of benzene rings is 6. The van der Waals surface area contributed by atoms with Gasteiger partial charge in [0.05, 0.1) is 25.2 Å². The lowest BCUT2D eigenvalue weighted by Gasteiger charge is -2.18. The Hall–Kier alpha value is -4.34. The van der Waals surface area contributed by atoms with Crippen LogP contribution in [-0.2, 0) is 6.54 Å². The first-order chi connectivity index (χ1) is 19.7. The van der Waals surface area contributed by atoms with Gasteiger partial charge in [0.25, 0.3) is 0 Å². The molecule has 3 nitrogen and oxygen atoms in total. The second-order valence-electron chi connectivity index (χ2n) is 10.2. The van der Waals surface area contributed by atoms with Gasteiger partial charge in [0.1, 0.15) is 18.0 Å². The number of pyridine rings is 1. The van der Waals surface area contributed by atoms with Gasteiger partial charge in [-0.3, -0.25) is 0 Å². The van der Waals surface area contributed by atoms with Crippen molar-refractivity contribution in [2.45, 2.75) is 13.0 Å². The Bertz CT molecular complexity index is 1980. The SMILES string of the molecule is COc1ccc(-c2c(-c3ccc(OC)cc3)[n+](CCCCl)cc3c2cc2ccc4cccc5ccc3c2c45)cc1. The molecule has 40 heavy (non-hydrogen) atoms. The van der Waals surface area contributed by atoms with Crippen LogP contribution in [0.4, 0.5) is 0 Å². The van der Waals surface area contributed by atoms with Gasteiger partial charge in [0.15, 0.2) is 6.20 Å². The quantitative estimate of drug-likeness (QED) is 0.0867. The van der Waals surface area contributed by atoms with Crippen molar-refractivity contribution in [3.05, 3.63) is 103 Å². The van der Waals surface area contributed by atoms with Gasteiger partial charge in [0.2, 0.25) is 5.69 Å². The lowest BCUT2D eigenvalue weighted by Crippen LogP contribution is -2.37. The van der Waals surface area contributed by atoms with E-state index in [1.807, 2.05) is 24.3 Å². The van der Waals surface area contributed by atoms with E-state index < -0.39 is 0 Å². The lowest BCUT2D eigenvalue weighted by molar-refractivity contribution is -0.684. The van der Waals surface area contributed by atoms with E-state index in [-0.39, 0.29) is 0 Å². The number of aromatic nitrogens is 1. The van der Waals surface area contributed by atoms with Gasteiger partial charge in [-0.25, -0.2) is 0 Å². The Balaban J connectivity index is 1.65. The predicted molar refractivity (Wildman–Crippen MR) is 167 cm³/mol. The molecule has 0 spiro atoms. The maximum atomic E-state index is 6.25. The third-order valence-corrected chi connectivity index (χ3v) is 8.31. The van der Waals surface area contributed by atoms with Crippen molar-refractivity contribution >= 4 is 54.7 Å². The highest BCUT2D eigenvalue weighted by Crippen LogP contribution is 2.43. The predicted octanol–water partition coefficient (Wildman–Crippen LogP) is 9.00. The van der Waals surface area contributed by atoms with E-state index in [0.717, 1.165) is 35.6 Å². The summed E-state index contributed by atoms with van der Waals surface area (Å²) in [6.07, 6.45) is 3.20. The second-order valence-corrected chi connectivity index (χ2v) is 10.6. The number of fused-ring (bicyclic) bond motifs is 2. The van der Waals surface area contributed by atoms with Crippen LogP contribution in [0, 0.1) is 0 Å². The average Bonchev–Trinajstić information content (AvgIpc) is 3.02. The summed E-state index contributed by atoms with van der Waals surface area (Å²) in [5.41, 5.74) is 4.64. The first-order valence-electron chi connectivity index (χ1n) is 13.6. The lowest BCUT2D eigenvalue weighted by atomic mass is 9.87. The third-order valence-electron chi connectivity index (χ3n) is 8.04. The van der Waals surface area contributed by atoms with Crippen molar-refractivity contribution in [3.8, 4) is 33.9 Å². The number of alkyl halides is 1. The minimum atomic E-state index is 0.601. The van der Waals surface area contributed by atoms with E-state index in [0.29, 0.717) is 5.88 Å². The summed E-state index contributed by atoms with van der Waals surface area (Å²) in [7, 11) is 3.41. The number of hydrogen-bond donors (Lipinski definition) is 0. The highest BCUT2D eigenvalue weighted by atomic mass is 35.5. The molecule has 0 aliphatic rings. The maximum Gasteiger partial charge on any atom is 0.221 e. The molecule has 1 aromatic heterocycles. The molecule has 7 aromatic rings. The molecule has 0 bridgehead atoms. The highest BCUT2D eigenvalue weighted by Gasteiger charge is 2.26. The smallest absolute Gasteiger partial charge is 0.221 e. The van der Waals surface area contributed by atoms with Crippen molar-refractivity contribution in [1.82, 2.24) is 0 Å². The average molecular weight is 543 g/mol. The monoisotopic (exact) mass is 542 g/mol. The summed E-state index contributed by atoms with van der Waals surface area (Å²) >= 11 is 6.25. The molecule has 0 saturated heterocycles. The normalized spacial score (nSPS) is 11.7. The fourth-order valence-electron chi connectivity index (χ4n) is 6.19. The number of nitrogens with zero attached hydrogens (tertiary/aromatic N) is 1. The van der Waals surface area contributed by atoms with Gasteiger partial charge in [-0.1, -0.05) is 54.6 Å².